The SMILES string of the molecule is C=Cc1ccc(COC(=O)c2c(C#N)cc3c(c2C#N)C(=C)c2ccccc2-3)cc1. The number of rotatable bonds is 4. The fourth-order valence-corrected chi connectivity index (χ4v) is 3.71. The van der Waals surface area contributed by atoms with Gasteiger partial charge >= 0.3 is 5.97 Å². The summed E-state index contributed by atoms with van der Waals surface area (Å²) in [6.45, 7) is 7.86. The number of hydrogen-bond donors (Lipinski definition) is 0. The lowest BCUT2D eigenvalue weighted by Crippen LogP contribution is -2.11. The molecule has 0 amide bonds. The molecule has 0 fully saturated rings. The van der Waals surface area contributed by atoms with Crippen molar-refractivity contribution in [3.05, 3.63) is 107 Å². The van der Waals surface area contributed by atoms with Gasteiger partial charge in [-0.1, -0.05) is 67.8 Å². The third-order valence-electron chi connectivity index (χ3n) is 5.19. The fourth-order valence-electron chi connectivity index (χ4n) is 3.71. The quantitative estimate of drug-likeness (QED) is 0.434. The molecule has 0 aliphatic heterocycles. The van der Waals surface area contributed by atoms with Gasteiger partial charge in [0.25, 0.3) is 0 Å². The first-order chi connectivity index (χ1) is 14.6. The summed E-state index contributed by atoms with van der Waals surface area (Å²) >= 11 is 0. The summed E-state index contributed by atoms with van der Waals surface area (Å²) in [6, 6.07) is 20.8. The van der Waals surface area contributed by atoms with Crippen LogP contribution in [0.3, 0.4) is 0 Å². The first-order valence-corrected chi connectivity index (χ1v) is 9.27. The van der Waals surface area contributed by atoms with Gasteiger partial charge in [0.05, 0.1) is 16.7 Å². The second-order valence-electron chi connectivity index (χ2n) is 6.87. The highest BCUT2D eigenvalue weighted by Gasteiger charge is 2.31. The summed E-state index contributed by atoms with van der Waals surface area (Å²) < 4.78 is 5.45. The Bertz CT molecular complexity index is 1300. The van der Waals surface area contributed by atoms with Crippen LogP contribution in [0.5, 0.6) is 0 Å². The van der Waals surface area contributed by atoms with Crippen molar-refractivity contribution in [3.63, 3.8) is 0 Å². The highest BCUT2D eigenvalue weighted by atomic mass is 16.5. The van der Waals surface area contributed by atoms with Gasteiger partial charge in [-0.3, -0.25) is 0 Å². The van der Waals surface area contributed by atoms with Gasteiger partial charge in [0.2, 0.25) is 0 Å². The molecule has 0 N–H and O–H groups in total. The van der Waals surface area contributed by atoms with E-state index < -0.39 is 5.97 Å². The molecule has 0 unspecified atom stereocenters. The Morgan fingerprint density at radius 3 is 2.33 bits per heavy atom. The second-order valence-corrected chi connectivity index (χ2v) is 6.87. The molecule has 0 saturated carbocycles. The van der Waals surface area contributed by atoms with Crippen molar-refractivity contribution < 1.29 is 9.53 Å². The summed E-state index contributed by atoms with van der Waals surface area (Å²) in [6.07, 6.45) is 1.73. The molecule has 0 heterocycles. The van der Waals surface area contributed by atoms with Gasteiger partial charge in [-0.15, -0.1) is 0 Å². The van der Waals surface area contributed by atoms with Crippen molar-refractivity contribution in [3.8, 4) is 23.3 Å². The molecule has 0 saturated heterocycles. The van der Waals surface area contributed by atoms with Crippen molar-refractivity contribution in [2.45, 2.75) is 6.61 Å². The van der Waals surface area contributed by atoms with Gasteiger partial charge in [0.15, 0.2) is 0 Å². The molecule has 4 heteroatoms. The molecule has 0 spiro atoms. The van der Waals surface area contributed by atoms with Crippen LogP contribution in [0.1, 0.15) is 43.7 Å². The van der Waals surface area contributed by atoms with Crippen LogP contribution in [0.15, 0.2) is 67.8 Å². The summed E-state index contributed by atoms with van der Waals surface area (Å²) in [5, 5.41) is 19.5. The Kier molecular flexibility index (Phi) is 4.76. The van der Waals surface area contributed by atoms with Gasteiger partial charge in [-0.25, -0.2) is 4.79 Å². The molecule has 3 aromatic carbocycles. The lowest BCUT2D eigenvalue weighted by atomic mass is 9.91. The van der Waals surface area contributed by atoms with E-state index in [1.54, 1.807) is 12.1 Å². The number of benzene rings is 3. The molecule has 30 heavy (non-hydrogen) atoms. The fraction of sp³-hybridized carbons (Fsp3) is 0.0385. The second kappa shape index (κ2) is 7.54. The number of nitrogens with zero attached hydrogens (tertiary/aromatic N) is 2. The van der Waals surface area contributed by atoms with E-state index in [1.165, 1.54) is 0 Å². The number of carbonyl (C=O) groups is 1. The van der Waals surface area contributed by atoms with E-state index in [2.05, 4.69) is 19.2 Å². The average Bonchev–Trinajstić information content (AvgIpc) is 3.08. The molecule has 1 aliphatic rings. The maximum Gasteiger partial charge on any atom is 0.341 e. The van der Waals surface area contributed by atoms with Crippen LogP contribution < -0.4 is 0 Å². The van der Waals surface area contributed by atoms with E-state index in [0.29, 0.717) is 11.1 Å². The zero-order chi connectivity index (χ0) is 21.3. The Morgan fingerprint density at radius 1 is 1.00 bits per heavy atom. The molecule has 0 radical (unpaired) electrons. The van der Waals surface area contributed by atoms with Crippen LogP contribution in [0.4, 0.5) is 0 Å². The van der Waals surface area contributed by atoms with Gasteiger partial charge in [-0.05, 0) is 39.5 Å². The molecule has 4 rings (SSSR count). The molecule has 142 valence electrons. The predicted molar refractivity (Wildman–Crippen MR) is 115 cm³/mol. The Hall–Kier alpha value is -4.41. The molecule has 1 aliphatic carbocycles. The lowest BCUT2D eigenvalue weighted by Gasteiger charge is -2.12. The Morgan fingerprint density at radius 2 is 1.70 bits per heavy atom. The monoisotopic (exact) mass is 388 g/mol. The topological polar surface area (TPSA) is 73.9 Å². The highest BCUT2D eigenvalue weighted by molar-refractivity contribution is 6.07. The highest BCUT2D eigenvalue weighted by Crippen LogP contribution is 2.46. The van der Waals surface area contributed by atoms with Crippen LogP contribution in [0.2, 0.25) is 0 Å². The van der Waals surface area contributed by atoms with Gasteiger partial charge in [0, 0.05) is 5.56 Å². The minimum atomic E-state index is -0.706. The molecule has 4 nitrogen and oxygen atoms in total. The van der Waals surface area contributed by atoms with Crippen molar-refractivity contribution in [2.24, 2.45) is 0 Å². The van der Waals surface area contributed by atoms with E-state index in [9.17, 15) is 15.3 Å². The molecule has 0 aromatic heterocycles. The zero-order valence-electron chi connectivity index (χ0n) is 16.1. The number of ether oxygens (including phenoxy) is 1. The normalized spacial score (nSPS) is 11.1. The standard InChI is InChI=1S/C26H16N2O2/c1-3-17-8-10-18(11-9-17)15-30-26(29)25-19(13-27)12-22-21-7-5-4-6-20(21)16(2)24(22)23(25)14-28/h3-12H,1-2,15H2. The largest absolute Gasteiger partial charge is 0.457 e. The number of esters is 1. The first-order valence-electron chi connectivity index (χ1n) is 9.27. The van der Waals surface area contributed by atoms with Crippen molar-refractivity contribution in [1.29, 1.82) is 10.5 Å². The molecular weight excluding hydrogens is 372 g/mol. The molecule has 0 atom stereocenters. The van der Waals surface area contributed by atoms with Crippen molar-refractivity contribution >= 4 is 17.6 Å². The zero-order valence-corrected chi connectivity index (χ0v) is 16.1. The molecule has 0 bridgehead atoms. The van der Waals surface area contributed by atoms with E-state index in [-0.39, 0.29) is 23.3 Å². The minimum Gasteiger partial charge on any atom is -0.457 e. The van der Waals surface area contributed by atoms with E-state index in [4.69, 9.17) is 4.74 Å². The van der Waals surface area contributed by atoms with Crippen LogP contribution in [-0.2, 0) is 11.3 Å². The third kappa shape index (κ3) is 2.98. The number of hydrogen-bond acceptors (Lipinski definition) is 4. The Balaban J connectivity index is 1.74. The van der Waals surface area contributed by atoms with Crippen LogP contribution in [-0.4, -0.2) is 5.97 Å². The van der Waals surface area contributed by atoms with Gasteiger partial charge < -0.3 is 4.74 Å². The van der Waals surface area contributed by atoms with E-state index in [0.717, 1.165) is 27.8 Å². The summed E-state index contributed by atoms with van der Waals surface area (Å²) in [5.74, 6) is -0.706. The smallest absolute Gasteiger partial charge is 0.341 e. The van der Waals surface area contributed by atoms with E-state index >= 15 is 0 Å². The lowest BCUT2D eigenvalue weighted by molar-refractivity contribution is 0.0472. The summed E-state index contributed by atoms with van der Waals surface area (Å²) in [4.78, 5) is 12.9. The minimum absolute atomic E-state index is 0.0181. The molecular formula is C26H16N2O2. The van der Waals surface area contributed by atoms with Crippen molar-refractivity contribution in [1.82, 2.24) is 0 Å². The van der Waals surface area contributed by atoms with E-state index in [1.807, 2.05) is 54.6 Å². The van der Waals surface area contributed by atoms with Gasteiger partial charge in [0.1, 0.15) is 18.7 Å². The molecule has 3 aromatic rings. The van der Waals surface area contributed by atoms with Crippen LogP contribution >= 0.6 is 0 Å². The maximum absolute atomic E-state index is 12.9. The van der Waals surface area contributed by atoms with Crippen LogP contribution in [0, 0.1) is 22.7 Å². The first kappa shape index (κ1) is 18.9. The van der Waals surface area contributed by atoms with Crippen molar-refractivity contribution in [2.75, 3.05) is 0 Å². The van der Waals surface area contributed by atoms with Gasteiger partial charge in [-0.2, -0.15) is 10.5 Å². The number of nitriles is 2. The van der Waals surface area contributed by atoms with Crippen LogP contribution in [0.25, 0.3) is 22.8 Å². The summed E-state index contributed by atoms with van der Waals surface area (Å²) in [7, 11) is 0. The predicted octanol–water partition coefficient (Wildman–Crippen LogP) is 5.47. The number of carbonyl (C=O) groups excluding carboxylic acids is 1. The Labute approximate surface area is 174 Å². The maximum atomic E-state index is 12.9. The average molecular weight is 388 g/mol. The third-order valence-corrected chi connectivity index (χ3v) is 5.19. The number of fused-ring (bicyclic) bond motifs is 3. The summed E-state index contributed by atoms with van der Waals surface area (Å²) in [5.41, 5.74) is 5.74.